The van der Waals surface area contributed by atoms with Gasteiger partial charge in [0.25, 0.3) is 0 Å². The molecule has 0 saturated carbocycles. The lowest BCUT2D eigenvalue weighted by molar-refractivity contribution is -0.0476. The fourth-order valence-electron chi connectivity index (χ4n) is 2.97. The summed E-state index contributed by atoms with van der Waals surface area (Å²) in [5, 5.41) is 15.3. The molecule has 2 N–H and O–H groups in total. The Morgan fingerprint density at radius 3 is 3.37 bits per heavy atom. The van der Waals surface area contributed by atoms with Crippen molar-refractivity contribution in [3.63, 3.8) is 0 Å². The lowest BCUT2D eigenvalue weighted by Crippen LogP contribution is -2.49. The number of fused-ring (bicyclic) bond motifs is 1. The Morgan fingerprint density at radius 2 is 2.53 bits per heavy atom. The molecule has 0 aromatic carbocycles. The Balaban J connectivity index is 1.38. The minimum atomic E-state index is -0.400. The molecule has 0 bridgehead atoms. The molecule has 0 radical (unpaired) electrons. The highest BCUT2D eigenvalue weighted by molar-refractivity contribution is 7.10. The van der Waals surface area contributed by atoms with Gasteiger partial charge in [-0.05, 0) is 30.8 Å². The highest BCUT2D eigenvalue weighted by Gasteiger charge is 2.31. The Labute approximate surface area is 118 Å². The number of morpholine rings is 1. The Hall–Kier alpha value is -0.460. The number of rotatable bonds is 5. The third kappa shape index (κ3) is 3.35. The summed E-state index contributed by atoms with van der Waals surface area (Å²) < 4.78 is 5.88. The van der Waals surface area contributed by atoms with Crippen LogP contribution < -0.4 is 5.32 Å². The zero-order valence-electron chi connectivity index (χ0n) is 11.1. The van der Waals surface area contributed by atoms with E-state index in [4.69, 9.17) is 4.74 Å². The number of thiophene rings is 1. The van der Waals surface area contributed by atoms with E-state index < -0.39 is 6.10 Å². The smallest absolute Gasteiger partial charge is 0.101 e. The van der Waals surface area contributed by atoms with Crippen LogP contribution in [-0.4, -0.2) is 54.9 Å². The molecule has 3 unspecified atom stereocenters. The van der Waals surface area contributed by atoms with E-state index in [1.54, 1.807) is 11.3 Å². The molecule has 106 valence electrons. The Morgan fingerprint density at radius 1 is 1.58 bits per heavy atom. The number of nitrogens with zero attached hydrogens (tertiary/aromatic N) is 1. The average Bonchev–Trinajstić information content (AvgIpc) is 3.09. The highest BCUT2D eigenvalue weighted by atomic mass is 32.1. The van der Waals surface area contributed by atoms with Gasteiger partial charge in [-0.25, -0.2) is 0 Å². The number of aliphatic hydroxyl groups excluding tert-OH is 1. The van der Waals surface area contributed by atoms with Crippen LogP contribution in [0.5, 0.6) is 0 Å². The van der Waals surface area contributed by atoms with E-state index >= 15 is 0 Å². The molecule has 0 amide bonds. The minimum Gasteiger partial charge on any atom is -0.386 e. The summed E-state index contributed by atoms with van der Waals surface area (Å²) in [6.07, 6.45) is 2.47. The average molecular weight is 282 g/mol. The predicted molar refractivity (Wildman–Crippen MR) is 76.5 cm³/mol. The van der Waals surface area contributed by atoms with Gasteiger partial charge < -0.3 is 15.2 Å². The van der Waals surface area contributed by atoms with E-state index in [-0.39, 0.29) is 6.10 Å². The van der Waals surface area contributed by atoms with Gasteiger partial charge in [0, 0.05) is 30.6 Å². The summed E-state index contributed by atoms with van der Waals surface area (Å²) in [6, 6.07) is 4.61. The molecule has 19 heavy (non-hydrogen) atoms. The van der Waals surface area contributed by atoms with Crippen LogP contribution in [-0.2, 0) is 4.74 Å². The third-order valence-electron chi connectivity index (χ3n) is 4.04. The van der Waals surface area contributed by atoms with Crippen molar-refractivity contribution in [2.75, 3.05) is 32.8 Å². The third-order valence-corrected chi connectivity index (χ3v) is 5.02. The van der Waals surface area contributed by atoms with E-state index in [1.807, 2.05) is 17.5 Å². The first-order chi connectivity index (χ1) is 9.33. The zero-order valence-corrected chi connectivity index (χ0v) is 11.9. The standard InChI is InChI=1S/C14H22N2O2S/c17-13(14-4-2-6-19-14)8-15-7-12-9-16-5-1-3-11(16)10-18-12/h2,4,6,11-13,15,17H,1,3,5,7-10H2. The lowest BCUT2D eigenvalue weighted by atomic mass is 10.2. The molecule has 4 nitrogen and oxygen atoms in total. The lowest BCUT2D eigenvalue weighted by Gasteiger charge is -2.35. The summed E-state index contributed by atoms with van der Waals surface area (Å²) in [6.45, 7) is 4.56. The van der Waals surface area contributed by atoms with Gasteiger partial charge in [0.2, 0.25) is 0 Å². The largest absolute Gasteiger partial charge is 0.386 e. The second-order valence-corrected chi connectivity index (χ2v) is 6.42. The monoisotopic (exact) mass is 282 g/mol. The fourth-order valence-corrected chi connectivity index (χ4v) is 3.68. The van der Waals surface area contributed by atoms with Crippen LogP contribution in [0.3, 0.4) is 0 Å². The molecule has 3 heterocycles. The van der Waals surface area contributed by atoms with Gasteiger partial charge in [0.05, 0.1) is 12.7 Å². The van der Waals surface area contributed by atoms with Crippen molar-refractivity contribution in [2.24, 2.45) is 0 Å². The number of hydrogen-bond acceptors (Lipinski definition) is 5. The summed E-state index contributed by atoms with van der Waals surface area (Å²) in [7, 11) is 0. The van der Waals surface area contributed by atoms with Gasteiger partial charge in [0.15, 0.2) is 0 Å². The first-order valence-corrected chi connectivity index (χ1v) is 7.99. The van der Waals surface area contributed by atoms with Gasteiger partial charge in [-0.2, -0.15) is 0 Å². The molecular weight excluding hydrogens is 260 g/mol. The molecule has 3 rings (SSSR count). The molecule has 2 fully saturated rings. The van der Waals surface area contributed by atoms with E-state index in [0.717, 1.165) is 24.6 Å². The van der Waals surface area contributed by atoms with Crippen molar-refractivity contribution in [2.45, 2.75) is 31.1 Å². The Kier molecular flexibility index (Phi) is 4.50. The maximum atomic E-state index is 9.99. The van der Waals surface area contributed by atoms with Crippen molar-refractivity contribution in [3.8, 4) is 0 Å². The molecule has 2 aliphatic heterocycles. The van der Waals surface area contributed by atoms with Gasteiger partial charge >= 0.3 is 0 Å². The normalized spacial score (nSPS) is 29.3. The summed E-state index contributed by atoms with van der Waals surface area (Å²) in [5.74, 6) is 0. The Bertz CT molecular complexity index is 385. The summed E-state index contributed by atoms with van der Waals surface area (Å²) >= 11 is 1.60. The minimum absolute atomic E-state index is 0.268. The quantitative estimate of drug-likeness (QED) is 0.853. The van der Waals surface area contributed by atoms with Crippen LogP contribution in [0, 0.1) is 0 Å². The van der Waals surface area contributed by atoms with Crippen LogP contribution in [0.15, 0.2) is 17.5 Å². The number of aliphatic hydroxyl groups is 1. The summed E-state index contributed by atoms with van der Waals surface area (Å²) in [4.78, 5) is 3.57. The molecule has 1 aromatic rings. The van der Waals surface area contributed by atoms with Gasteiger partial charge in [-0.3, -0.25) is 4.90 Å². The van der Waals surface area contributed by atoms with Crippen LogP contribution in [0.25, 0.3) is 0 Å². The molecule has 3 atom stereocenters. The molecule has 0 spiro atoms. The van der Waals surface area contributed by atoms with Crippen LogP contribution in [0.2, 0.25) is 0 Å². The SMILES string of the molecule is OC(CNCC1CN2CCCC2CO1)c1cccs1. The first kappa shape index (κ1) is 13.5. The number of ether oxygens (including phenoxy) is 1. The second-order valence-electron chi connectivity index (χ2n) is 5.44. The van der Waals surface area contributed by atoms with Crippen LogP contribution >= 0.6 is 11.3 Å². The van der Waals surface area contributed by atoms with E-state index in [1.165, 1.54) is 19.4 Å². The first-order valence-electron chi connectivity index (χ1n) is 7.11. The fraction of sp³-hybridized carbons (Fsp3) is 0.714. The van der Waals surface area contributed by atoms with Crippen molar-refractivity contribution in [3.05, 3.63) is 22.4 Å². The van der Waals surface area contributed by atoms with Crippen LogP contribution in [0.1, 0.15) is 23.8 Å². The van der Waals surface area contributed by atoms with Crippen molar-refractivity contribution in [1.29, 1.82) is 0 Å². The summed E-state index contributed by atoms with van der Waals surface area (Å²) in [5.41, 5.74) is 0. The van der Waals surface area contributed by atoms with Crippen molar-refractivity contribution >= 4 is 11.3 Å². The van der Waals surface area contributed by atoms with Gasteiger partial charge in [-0.15, -0.1) is 11.3 Å². The molecule has 0 aliphatic carbocycles. The molecule has 2 aliphatic rings. The molecule has 2 saturated heterocycles. The molecule has 5 heteroatoms. The highest BCUT2D eigenvalue weighted by Crippen LogP contribution is 2.22. The van der Waals surface area contributed by atoms with E-state index in [2.05, 4.69) is 10.2 Å². The molecule has 1 aromatic heterocycles. The number of nitrogens with one attached hydrogen (secondary N) is 1. The van der Waals surface area contributed by atoms with Gasteiger partial charge in [0.1, 0.15) is 6.10 Å². The topological polar surface area (TPSA) is 44.7 Å². The maximum absolute atomic E-state index is 9.99. The zero-order chi connectivity index (χ0) is 13.1. The maximum Gasteiger partial charge on any atom is 0.101 e. The van der Waals surface area contributed by atoms with Crippen LogP contribution in [0.4, 0.5) is 0 Å². The van der Waals surface area contributed by atoms with Crippen molar-refractivity contribution in [1.82, 2.24) is 10.2 Å². The van der Waals surface area contributed by atoms with E-state index in [9.17, 15) is 5.11 Å². The number of hydrogen-bond donors (Lipinski definition) is 2. The van der Waals surface area contributed by atoms with Crippen molar-refractivity contribution < 1.29 is 9.84 Å². The van der Waals surface area contributed by atoms with E-state index in [0.29, 0.717) is 12.6 Å². The van der Waals surface area contributed by atoms with Gasteiger partial charge in [-0.1, -0.05) is 6.07 Å². The second kappa shape index (κ2) is 6.33. The molecular formula is C14H22N2O2S. The predicted octanol–water partition coefficient (Wildman–Crippen LogP) is 1.23.